The second kappa shape index (κ2) is 4.59. The second-order valence-corrected chi connectivity index (χ2v) is 4.29. The van der Waals surface area contributed by atoms with E-state index < -0.39 is 0 Å². The molecular formula is C11H14N4S. The molecule has 1 heterocycles. The number of aromatic nitrogens is 2. The zero-order chi connectivity index (χ0) is 11.5. The van der Waals surface area contributed by atoms with Gasteiger partial charge in [0.2, 0.25) is 5.13 Å². The quantitative estimate of drug-likeness (QED) is 0.883. The fourth-order valence-corrected chi connectivity index (χ4v) is 2.08. The molecule has 84 valence electrons. The largest absolute Gasteiger partial charge is 0.326 e. The predicted molar refractivity (Wildman–Crippen MR) is 67.0 cm³/mol. The molecule has 0 spiro atoms. The van der Waals surface area contributed by atoms with Gasteiger partial charge in [0.05, 0.1) is 0 Å². The van der Waals surface area contributed by atoms with Crippen LogP contribution in [0.15, 0.2) is 24.3 Å². The van der Waals surface area contributed by atoms with Crippen LogP contribution in [0.4, 0.5) is 10.8 Å². The maximum Gasteiger partial charge on any atom is 0.209 e. The van der Waals surface area contributed by atoms with Crippen molar-refractivity contribution >= 4 is 22.4 Å². The van der Waals surface area contributed by atoms with Crippen molar-refractivity contribution in [1.29, 1.82) is 0 Å². The molecule has 0 aliphatic carbocycles. The van der Waals surface area contributed by atoms with Gasteiger partial charge in [-0.3, -0.25) is 0 Å². The minimum absolute atomic E-state index is 0.552. The molecule has 0 atom stereocenters. The number of hydrogen-bond acceptors (Lipinski definition) is 5. The average molecular weight is 234 g/mol. The summed E-state index contributed by atoms with van der Waals surface area (Å²) in [4.78, 5) is 6.36. The van der Waals surface area contributed by atoms with Crippen LogP contribution in [0.3, 0.4) is 0 Å². The van der Waals surface area contributed by atoms with Gasteiger partial charge in [-0.25, -0.2) is 4.98 Å². The van der Waals surface area contributed by atoms with Gasteiger partial charge in [0.1, 0.15) is 5.82 Å². The summed E-state index contributed by atoms with van der Waals surface area (Å²) in [6.45, 7) is 2.45. The third-order valence-electron chi connectivity index (χ3n) is 2.34. The summed E-state index contributed by atoms with van der Waals surface area (Å²) in [6, 6.07) is 8.12. The number of nitrogens with two attached hydrogens (primary N) is 1. The van der Waals surface area contributed by atoms with Crippen LogP contribution in [0.2, 0.25) is 0 Å². The number of anilines is 2. The Morgan fingerprint density at radius 2 is 2.25 bits per heavy atom. The molecule has 5 heteroatoms. The van der Waals surface area contributed by atoms with Crippen LogP contribution in [0.1, 0.15) is 11.4 Å². The minimum Gasteiger partial charge on any atom is -0.326 e. The smallest absolute Gasteiger partial charge is 0.209 e. The fourth-order valence-electron chi connectivity index (χ4n) is 1.42. The number of aryl methyl sites for hydroxylation is 1. The molecule has 0 saturated heterocycles. The van der Waals surface area contributed by atoms with Crippen molar-refractivity contribution < 1.29 is 0 Å². The molecule has 2 N–H and O–H groups in total. The monoisotopic (exact) mass is 234 g/mol. The zero-order valence-electron chi connectivity index (χ0n) is 9.34. The van der Waals surface area contributed by atoms with Gasteiger partial charge in [-0.05, 0) is 24.6 Å². The Labute approximate surface area is 98.9 Å². The van der Waals surface area contributed by atoms with Gasteiger partial charge in [-0.2, -0.15) is 4.37 Å². The molecule has 0 amide bonds. The van der Waals surface area contributed by atoms with Crippen molar-refractivity contribution in [1.82, 2.24) is 9.36 Å². The Morgan fingerprint density at radius 3 is 2.88 bits per heavy atom. The molecule has 0 aliphatic heterocycles. The summed E-state index contributed by atoms with van der Waals surface area (Å²) in [6.07, 6.45) is 0. The highest BCUT2D eigenvalue weighted by atomic mass is 32.1. The van der Waals surface area contributed by atoms with Crippen LogP contribution in [-0.2, 0) is 6.54 Å². The molecule has 2 aromatic rings. The molecule has 0 aliphatic rings. The van der Waals surface area contributed by atoms with E-state index in [0.29, 0.717) is 6.54 Å². The third kappa shape index (κ3) is 2.20. The van der Waals surface area contributed by atoms with Gasteiger partial charge in [0, 0.05) is 30.8 Å². The van der Waals surface area contributed by atoms with Crippen LogP contribution in [0.5, 0.6) is 0 Å². The first-order chi connectivity index (χ1) is 7.70. The topological polar surface area (TPSA) is 55.0 Å². The lowest BCUT2D eigenvalue weighted by molar-refractivity contribution is 1.06. The Bertz CT molecular complexity index is 480. The fraction of sp³-hybridized carbons (Fsp3) is 0.273. The molecule has 16 heavy (non-hydrogen) atoms. The maximum absolute atomic E-state index is 5.62. The summed E-state index contributed by atoms with van der Waals surface area (Å²) in [5, 5.41) is 0.895. The third-order valence-corrected chi connectivity index (χ3v) is 3.22. The van der Waals surface area contributed by atoms with Crippen LogP contribution in [-0.4, -0.2) is 16.4 Å². The van der Waals surface area contributed by atoms with Gasteiger partial charge in [-0.1, -0.05) is 12.1 Å². The van der Waals surface area contributed by atoms with E-state index in [0.717, 1.165) is 22.2 Å². The molecule has 0 saturated carbocycles. The van der Waals surface area contributed by atoms with E-state index in [9.17, 15) is 0 Å². The SMILES string of the molecule is Cc1nsc(N(C)c2cccc(CN)c2)n1. The first-order valence-electron chi connectivity index (χ1n) is 5.04. The van der Waals surface area contributed by atoms with Gasteiger partial charge in [0.25, 0.3) is 0 Å². The standard InChI is InChI=1S/C11H14N4S/c1-8-13-11(16-14-8)15(2)10-5-3-4-9(6-10)7-12/h3-6H,7,12H2,1-2H3. The van der Waals surface area contributed by atoms with E-state index in [4.69, 9.17) is 5.73 Å². The first-order valence-corrected chi connectivity index (χ1v) is 5.81. The summed E-state index contributed by atoms with van der Waals surface area (Å²) in [5.41, 5.74) is 7.82. The predicted octanol–water partition coefficient (Wildman–Crippen LogP) is 2.07. The maximum atomic E-state index is 5.62. The Hall–Kier alpha value is -1.46. The van der Waals surface area contributed by atoms with Crippen LogP contribution in [0, 0.1) is 6.92 Å². The number of rotatable bonds is 3. The minimum atomic E-state index is 0.552. The van der Waals surface area contributed by atoms with E-state index in [2.05, 4.69) is 15.4 Å². The Balaban J connectivity index is 2.29. The van der Waals surface area contributed by atoms with Crippen molar-refractivity contribution in [3.05, 3.63) is 35.7 Å². The number of hydrogen-bond donors (Lipinski definition) is 1. The van der Waals surface area contributed by atoms with E-state index in [1.165, 1.54) is 11.5 Å². The Morgan fingerprint density at radius 1 is 1.44 bits per heavy atom. The van der Waals surface area contributed by atoms with E-state index in [-0.39, 0.29) is 0 Å². The summed E-state index contributed by atoms with van der Waals surface area (Å²) < 4.78 is 4.17. The highest BCUT2D eigenvalue weighted by molar-refractivity contribution is 7.09. The molecule has 0 bridgehead atoms. The zero-order valence-corrected chi connectivity index (χ0v) is 10.2. The lowest BCUT2D eigenvalue weighted by Crippen LogP contribution is -2.09. The molecule has 1 aromatic heterocycles. The second-order valence-electron chi connectivity index (χ2n) is 3.56. The van der Waals surface area contributed by atoms with Crippen molar-refractivity contribution in [3.8, 4) is 0 Å². The van der Waals surface area contributed by atoms with E-state index in [1.54, 1.807) is 0 Å². The molecule has 2 rings (SSSR count). The summed E-state index contributed by atoms with van der Waals surface area (Å²) in [7, 11) is 1.98. The van der Waals surface area contributed by atoms with Crippen molar-refractivity contribution in [2.45, 2.75) is 13.5 Å². The van der Waals surface area contributed by atoms with Crippen molar-refractivity contribution in [3.63, 3.8) is 0 Å². The molecule has 0 fully saturated rings. The molecule has 0 radical (unpaired) electrons. The van der Waals surface area contributed by atoms with Crippen LogP contribution in [0.25, 0.3) is 0 Å². The van der Waals surface area contributed by atoms with Crippen LogP contribution < -0.4 is 10.6 Å². The Kier molecular flexibility index (Phi) is 3.17. The van der Waals surface area contributed by atoms with Gasteiger partial charge < -0.3 is 10.6 Å². The molecule has 0 unspecified atom stereocenters. The lowest BCUT2D eigenvalue weighted by Gasteiger charge is -2.15. The highest BCUT2D eigenvalue weighted by Crippen LogP contribution is 2.25. The highest BCUT2D eigenvalue weighted by Gasteiger charge is 2.08. The van der Waals surface area contributed by atoms with Gasteiger partial charge >= 0.3 is 0 Å². The van der Waals surface area contributed by atoms with Gasteiger partial charge in [0.15, 0.2) is 0 Å². The lowest BCUT2D eigenvalue weighted by atomic mass is 10.2. The van der Waals surface area contributed by atoms with E-state index >= 15 is 0 Å². The van der Waals surface area contributed by atoms with Gasteiger partial charge in [-0.15, -0.1) is 0 Å². The summed E-state index contributed by atoms with van der Waals surface area (Å²) in [5.74, 6) is 0.807. The number of benzene rings is 1. The molecule has 4 nitrogen and oxygen atoms in total. The summed E-state index contributed by atoms with van der Waals surface area (Å²) >= 11 is 1.40. The number of nitrogens with zero attached hydrogens (tertiary/aromatic N) is 3. The normalized spacial score (nSPS) is 10.4. The van der Waals surface area contributed by atoms with Crippen LogP contribution >= 0.6 is 11.5 Å². The average Bonchev–Trinajstić information content (AvgIpc) is 2.75. The molecule has 1 aromatic carbocycles. The molecular weight excluding hydrogens is 220 g/mol. The first kappa shape index (κ1) is 11.0. The van der Waals surface area contributed by atoms with Crippen molar-refractivity contribution in [2.24, 2.45) is 5.73 Å². The van der Waals surface area contributed by atoms with E-state index in [1.807, 2.05) is 37.1 Å². The van der Waals surface area contributed by atoms with Crippen molar-refractivity contribution in [2.75, 3.05) is 11.9 Å².